The van der Waals surface area contributed by atoms with Crippen molar-refractivity contribution in [3.63, 3.8) is 0 Å². The van der Waals surface area contributed by atoms with Crippen molar-refractivity contribution in [2.24, 2.45) is 0 Å². The average Bonchev–Trinajstić information content (AvgIpc) is 2.38. The summed E-state index contributed by atoms with van der Waals surface area (Å²) in [6, 6.07) is 3.06. The summed E-state index contributed by atoms with van der Waals surface area (Å²) >= 11 is 0. The van der Waals surface area contributed by atoms with E-state index < -0.39 is 24.6 Å². The zero-order valence-electron chi connectivity index (χ0n) is 10.6. The zero-order chi connectivity index (χ0) is 14.4. The first kappa shape index (κ1) is 14.8. The van der Waals surface area contributed by atoms with E-state index in [1.807, 2.05) is 0 Å². The standard InChI is InChI=1S/C12H16N2O5/c1-7-3-4-8(19-2)5-9(7)13-12(18)14-10(6-15)11(16)17/h3-5,10,15H,6H2,1-2H3,(H,16,17)(H2,13,14,18)/t10-/m1/s1. The Morgan fingerprint density at radius 3 is 2.63 bits per heavy atom. The van der Waals surface area contributed by atoms with Gasteiger partial charge in [0.1, 0.15) is 5.75 Å². The summed E-state index contributed by atoms with van der Waals surface area (Å²) in [5.41, 5.74) is 1.30. The number of rotatable bonds is 5. The maximum Gasteiger partial charge on any atom is 0.328 e. The Morgan fingerprint density at radius 1 is 1.42 bits per heavy atom. The molecule has 1 aromatic rings. The van der Waals surface area contributed by atoms with Gasteiger partial charge < -0.3 is 25.6 Å². The fourth-order valence-corrected chi connectivity index (χ4v) is 1.36. The van der Waals surface area contributed by atoms with E-state index in [0.717, 1.165) is 5.56 Å². The molecule has 7 nitrogen and oxygen atoms in total. The van der Waals surface area contributed by atoms with Crippen LogP contribution in [0.15, 0.2) is 18.2 Å². The number of carboxylic acid groups (broad SMARTS) is 1. The number of ether oxygens (including phenoxy) is 1. The van der Waals surface area contributed by atoms with E-state index in [-0.39, 0.29) is 0 Å². The van der Waals surface area contributed by atoms with Gasteiger partial charge in [0.05, 0.1) is 13.7 Å². The third-order valence-corrected chi connectivity index (χ3v) is 2.48. The zero-order valence-corrected chi connectivity index (χ0v) is 10.6. The summed E-state index contributed by atoms with van der Waals surface area (Å²) in [5.74, 6) is -0.738. The first-order chi connectivity index (χ1) is 8.97. The van der Waals surface area contributed by atoms with Crippen molar-refractivity contribution in [3.8, 4) is 5.75 Å². The number of amides is 2. The van der Waals surface area contributed by atoms with Crippen molar-refractivity contribution in [3.05, 3.63) is 23.8 Å². The van der Waals surface area contributed by atoms with E-state index in [4.69, 9.17) is 14.9 Å². The second-order valence-electron chi connectivity index (χ2n) is 3.85. The Labute approximate surface area is 110 Å². The summed E-state index contributed by atoms with van der Waals surface area (Å²) in [5, 5.41) is 22.1. The van der Waals surface area contributed by atoms with Gasteiger partial charge in [-0.05, 0) is 18.6 Å². The molecule has 104 valence electrons. The highest BCUT2D eigenvalue weighted by atomic mass is 16.5. The van der Waals surface area contributed by atoms with Crippen LogP contribution in [0, 0.1) is 6.92 Å². The number of urea groups is 1. The van der Waals surface area contributed by atoms with Crippen LogP contribution in [0.25, 0.3) is 0 Å². The number of hydrogen-bond acceptors (Lipinski definition) is 4. The van der Waals surface area contributed by atoms with E-state index in [9.17, 15) is 9.59 Å². The number of aliphatic hydroxyl groups is 1. The van der Waals surface area contributed by atoms with Crippen LogP contribution in [0.1, 0.15) is 5.56 Å². The molecule has 1 rings (SSSR count). The van der Waals surface area contributed by atoms with Crippen molar-refractivity contribution < 1.29 is 24.5 Å². The molecule has 0 radical (unpaired) electrons. The predicted molar refractivity (Wildman–Crippen MR) is 68.4 cm³/mol. The van der Waals surface area contributed by atoms with E-state index in [1.165, 1.54) is 7.11 Å². The monoisotopic (exact) mass is 268 g/mol. The highest BCUT2D eigenvalue weighted by Crippen LogP contribution is 2.21. The molecule has 19 heavy (non-hydrogen) atoms. The highest BCUT2D eigenvalue weighted by molar-refractivity contribution is 5.93. The maximum atomic E-state index is 11.6. The van der Waals surface area contributed by atoms with Gasteiger partial charge in [-0.1, -0.05) is 6.07 Å². The summed E-state index contributed by atoms with van der Waals surface area (Å²) in [6.07, 6.45) is 0. The molecule has 7 heteroatoms. The number of nitrogens with one attached hydrogen (secondary N) is 2. The van der Waals surface area contributed by atoms with Crippen LogP contribution in [-0.2, 0) is 4.79 Å². The lowest BCUT2D eigenvalue weighted by molar-refractivity contribution is -0.140. The molecule has 1 aromatic carbocycles. The minimum absolute atomic E-state index is 0.499. The first-order valence-electron chi connectivity index (χ1n) is 5.53. The Morgan fingerprint density at radius 2 is 2.11 bits per heavy atom. The molecular weight excluding hydrogens is 252 g/mol. The number of anilines is 1. The molecule has 0 saturated heterocycles. The van der Waals surface area contributed by atoms with Crippen molar-refractivity contribution in [2.75, 3.05) is 19.0 Å². The molecule has 2 amide bonds. The maximum absolute atomic E-state index is 11.6. The van der Waals surface area contributed by atoms with Gasteiger partial charge in [-0.25, -0.2) is 9.59 Å². The highest BCUT2D eigenvalue weighted by Gasteiger charge is 2.18. The van der Waals surface area contributed by atoms with Gasteiger partial charge >= 0.3 is 12.0 Å². The predicted octanol–water partition coefficient (Wildman–Crippen LogP) is 0.571. The summed E-state index contributed by atoms with van der Waals surface area (Å²) < 4.78 is 5.03. The second kappa shape index (κ2) is 6.60. The molecule has 1 atom stereocenters. The minimum atomic E-state index is -1.34. The Balaban J connectivity index is 2.73. The first-order valence-corrected chi connectivity index (χ1v) is 5.53. The lowest BCUT2D eigenvalue weighted by atomic mass is 10.2. The van der Waals surface area contributed by atoms with Crippen LogP contribution in [0.4, 0.5) is 10.5 Å². The van der Waals surface area contributed by atoms with E-state index in [2.05, 4.69) is 10.6 Å². The van der Waals surface area contributed by atoms with E-state index >= 15 is 0 Å². The largest absolute Gasteiger partial charge is 0.497 e. The SMILES string of the molecule is COc1ccc(C)c(NC(=O)N[C@H](CO)C(=O)O)c1. The average molecular weight is 268 g/mol. The number of methoxy groups -OCH3 is 1. The van der Waals surface area contributed by atoms with Crippen LogP contribution in [-0.4, -0.2) is 42.0 Å². The lowest BCUT2D eigenvalue weighted by Crippen LogP contribution is -2.45. The third-order valence-electron chi connectivity index (χ3n) is 2.48. The fourth-order valence-electron chi connectivity index (χ4n) is 1.36. The van der Waals surface area contributed by atoms with Crippen LogP contribution in [0.3, 0.4) is 0 Å². The fraction of sp³-hybridized carbons (Fsp3) is 0.333. The van der Waals surface area contributed by atoms with Crippen LogP contribution in [0.2, 0.25) is 0 Å². The van der Waals surface area contributed by atoms with Gasteiger partial charge in [0.15, 0.2) is 6.04 Å². The molecule has 0 unspecified atom stereocenters. The Kier molecular flexibility index (Phi) is 5.13. The number of aryl methyl sites for hydroxylation is 1. The molecule has 0 aliphatic carbocycles. The van der Waals surface area contributed by atoms with Crippen molar-refractivity contribution in [2.45, 2.75) is 13.0 Å². The Hall–Kier alpha value is -2.28. The van der Waals surface area contributed by atoms with Crippen molar-refractivity contribution in [1.82, 2.24) is 5.32 Å². The normalized spacial score (nSPS) is 11.5. The van der Waals surface area contributed by atoms with Gasteiger partial charge in [0, 0.05) is 11.8 Å². The van der Waals surface area contributed by atoms with Crippen molar-refractivity contribution in [1.29, 1.82) is 0 Å². The number of carboxylic acids is 1. The van der Waals surface area contributed by atoms with E-state index in [0.29, 0.717) is 11.4 Å². The molecule has 0 aliphatic heterocycles. The summed E-state index contributed by atoms with van der Waals surface area (Å²) in [7, 11) is 1.50. The van der Waals surface area contributed by atoms with Crippen molar-refractivity contribution >= 4 is 17.7 Å². The molecule has 0 bridgehead atoms. The number of aliphatic carboxylic acids is 1. The van der Waals surface area contributed by atoms with Gasteiger partial charge in [0.2, 0.25) is 0 Å². The van der Waals surface area contributed by atoms with Gasteiger partial charge in [-0.2, -0.15) is 0 Å². The smallest absolute Gasteiger partial charge is 0.328 e. The Bertz CT molecular complexity index is 475. The second-order valence-corrected chi connectivity index (χ2v) is 3.85. The molecule has 0 saturated carbocycles. The van der Waals surface area contributed by atoms with Crippen LogP contribution >= 0.6 is 0 Å². The molecule has 0 aliphatic rings. The van der Waals surface area contributed by atoms with E-state index in [1.54, 1.807) is 25.1 Å². The minimum Gasteiger partial charge on any atom is -0.497 e. The number of aliphatic hydroxyl groups excluding tert-OH is 1. The summed E-state index contributed by atoms with van der Waals surface area (Å²) in [4.78, 5) is 22.3. The molecule has 0 spiro atoms. The van der Waals surface area contributed by atoms with Crippen LogP contribution in [0.5, 0.6) is 5.75 Å². The number of carbonyl (C=O) groups is 2. The molecule has 0 aromatic heterocycles. The molecule has 0 fully saturated rings. The third kappa shape index (κ3) is 4.14. The topological polar surface area (TPSA) is 108 Å². The molecular formula is C12H16N2O5. The summed E-state index contributed by atoms with van der Waals surface area (Å²) in [6.45, 7) is 1.11. The molecule has 4 N–H and O–H groups in total. The number of benzene rings is 1. The number of hydrogen-bond donors (Lipinski definition) is 4. The van der Waals surface area contributed by atoms with Crippen LogP contribution < -0.4 is 15.4 Å². The molecule has 0 heterocycles. The van der Waals surface area contributed by atoms with Gasteiger partial charge in [0.25, 0.3) is 0 Å². The van der Waals surface area contributed by atoms with Gasteiger partial charge in [-0.15, -0.1) is 0 Å². The quantitative estimate of drug-likeness (QED) is 0.624. The van der Waals surface area contributed by atoms with Gasteiger partial charge in [-0.3, -0.25) is 0 Å². The number of carbonyl (C=O) groups excluding carboxylic acids is 1. The lowest BCUT2D eigenvalue weighted by Gasteiger charge is -2.14.